The van der Waals surface area contributed by atoms with Crippen LogP contribution in [0.5, 0.6) is 0 Å². The minimum absolute atomic E-state index is 0.0745. The molecule has 0 saturated carbocycles. The molecule has 6 aromatic carbocycles. The summed E-state index contributed by atoms with van der Waals surface area (Å²) in [6, 6.07) is 48.3. The molecule has 0 bridgehead atoms. The van der Waals surface area contributed by atoms with Crippen molar-refractivity contribution in [3.63, 3.8) is 0 Å². The molecule has 0 radical (unpaired) electrons. The lowest BCUT2D eigenvalue weighted by Gasteiger charge is -2.14. The van der Waals surface area contributed by atoms with Crippen molar-refractivity contribution in [2.45, 2.75) is 0 Å². The number of furan rings is 1. The van der Waals surface area contributed by atoms with E-state index in [2.05, 4.69) is 11.1 Å². The van der Waals surface area contributed by atoms with E-state index in [0.717, 1.165) is 38.9 Å². The normalized spacial score (nSPS) is 11.7. The number of rotatable bonds is 4. The van der Waals surface area contributed by atoms with Gasteiger partial charge in [-0.3, -0.25) is 18.6 Å². The molecule has 0 atom stereocenters. The molecular formula is C43H25N5O3. The standard InChI is InChI=1S/C43H25N5O3/c49-42-31-15-7-8-16-33(31)44-41-43(50)47(34-17-9-10-18-35(34)48(41)42)30-22-19-26(20-23-30)29-21-24-36-32(25-29)38-39(51-36)37(27-11-3-1-4-12-27)45-40(46-38)28-13-5-2-6-14-28/h1-25H. The average molecular weight is 660 g/mol. The second kappa shape index (κ2) is 11.2. The smallest absolute Gasteiger partial charge is 0.299 e. The highest BCUT2D eigenvalue weighted by molar-refractivity contribution is 6.08. The van der Waals surface area contributed by atoms with Gasteiger partial charge >= 0.3 is 0 Å². The zero-order valence-corrected chi connectivity index (χ0v) is 26.9. The van der Waals surface area contributed by atoms with Crippen LogP contribution >= 0.6 is 0 Å². The van der Waals surface area contributed by atoms with E-state index >= 15 is 0 Å². The third-order valence-corrected chi connectivity index (χ3v) is 9.38. The summed E-state index contributed by atoms with van der Waals surface area (Å²) >= 11 is 0. The number of hydrogen-bond donors (Lipinski definition) is 0. The van der Waals surface area contributed by atoms with Crippen LogP contribution in [0.25, 0.3) is 89.1 Å². The van der Waals surface area contributed by atoms with Gasteiger partial charge in [0.1, 0.15) is 16.8 Å². The van der Waals surface area contributed by atoms with Gasteiger partial charge in [-0.1, -0.05) is 103 Å². The van der Waals surface area contributed by atoms with Gasteiger partial charge in [-0.2, -0.15) is 0 Å². The van der Waals surface area contributed by atoms with E-state index in [1.165, 1.54) is 4.40 Å². The highest BCUT2D eigenvalue weighted by Crippen LogP contribution is 2.37. The molecule has 0 spiro atoms. The predicted octanol–water partition coefficient (Wildman–Crippen LogP) is 8.84. The van der Waals surface area contributed by atoms with Crippen molar-refractivity contribution < 1.29 is 4.42 Å². The van der Waals surface area contributed by atoms with E-state index < -0.39 is 0 Å². The molecule has 10 rings (SSSR count). The lowest BCUT2D eigenvalue weighted by molar-refractivity contribution is 0.667. The van der Waals surface area contributed by atoms with Gasteiger partial charge in [0, 0.05) is 22.2 Å². The maximum absolute atomic E-state index is 14.1. The summed E-state index contributed by atoms with van der Waals surface area (Å²) in [4.78, 5) is 42.4. The van der Waals surface area contributed by atoms with Gasteiger partial charge in [-0.05, 0) is 59.7 Å². The van der Waals surface area contributed by atoms with Crippen molar-refractivity contribution in [2.24, 2.45) is 0 Å². The molecule has 10 aromatic rings. The topological polar surface area (TPSA) is 95.3 Å². The van der Waals surface area contributed by atoms with Gasteiger partial charge in [-0.25, -0.2) is 15.0 Å². The first-order valence-electron chi connectivity index (χ1n) is 16.5. The molecule has 51 heavy (non-hydrogen) atoms. The zero-order valence-electron chi connectivity index (χ0n) is 26.9. The summed E-state index contributed by atoms with van der Waals surface area (Å²) in [6.07, 6.45) is 0. The fourth-order valence-electron chi connectivity index (χ4n) is 6.94. The van der Waals surface area contributed by atoms with E-state index in [9.17, 15) is 9.59 Å². The monoisotopic (exact) mass is 659 g/mol. The molecule has 0 N–H and O–H groups in total. The zero-order chi connectivity index (χ0) is 34.1. The van der Waals surface area contributed by atoms with E-state index in [4.69, 9.17) is 14.4 Å². The fourth-order valence-corrected chi connectivity index (χ4v) is 6.94. The van der Waals surface area contributed by atoms with Crippen molar-refractivity contribution in [3.05, 3.63) is 172 Å². The Labute approximate surface area is 289 Å². The van der Waals surface area contributed by atoms with Crippen LogP contribution in [0.1, 0.15) is 0 Å². The van der Waals surface area contributed by atoms with Crippen molar-refractivity contribution >= 4 is 49.7 Å². The van der Waals surface area contributed by atoms with Crippen molar-refractivity contribution in [1.29, 1.82) is 0 Å². The number of para-hydroxylation sites is 3. The van der Waals surface area contributed by atoms with Crippen LogP contribution in [0.15, 0.2) is 166 Å². The maximum Gasteiger partial charge on any atom is 0.299 e. The Kier molecular flexibility index (Phi) is 6.31. The van der Waals surface area contributed by atoms with Crippen LogP contribution in [0.2, 0.25) is 0 Å². The minimum atomic E-state index is -0.376. The lowest BCUT2D eigenvalue weighted by Crippen LogP contribution is -2.28. The van der Waals surface area contributed by atoms with Crippen LogP contribution in [0.4, 0.5) is 0 Å². The van der Waals surface area contributed by atoms with E-state index in [0.29, 0.717) is 44.6 Å². The highest BCUT2D eigenvalue weighted by Gasteiger charge is 2.20. The Morgan fingerprint density at radius 2 is 1.18 bits per heavy atom. The molecule has 0 saturated heterocycles. The molecule has 8 nitrogen and oxygen atoms in total. The van der Waals surface area contributed by atoms with Gasteiger partial charge in [0.2, 0.25) is 5.65 Å². The molecule has 0 fully saturated rings. The Hall–Kier alpha value is -7.19. The number of benzene rings is 6. The van der Waals surface area contributed by atoms with Crippen LogP contribution in [0.3, 0.4) is 0 Å². The average Bonchev–Trinajstić information content (AvgIpc) is 3.57. The quantitative estimate of drug-likeness (QED) is 0.138. The molecule has 4 heterocycles. The summed E-state index contributed by atoms with van der Waals surface area (Å²) in [5.41, 5.74) is 8.38. The molecule has 0 amide bonds. The number of fused-ring (bicyclic) bond motifs is 7. The van der Waals surface area contributed by atoms with Crippen LogP contribution in [0, 0.1) is 0 Å². The Morgan fingerprint density at radius 3 is 1.96 bits per heavy atom. The summed E-state index contributed by atoms with van der Waals surface area (Å²) in [5.74, 6) is 0.622. The van der Waals surface area contributed by atoms with Crippen LogP contribution < -0.4 is 11.1 Å². The van der Waals surface area contributed by atoms with Gasteiger partial charge in [0.05, 0.1) is 21.9 Å². The first kappa shape index (κ1) is 28.8. The number of aromatic nitrogens is 5. The third-order valence-electron chi connectivity index (χ3n) is 9.38. The minimum Gasteiger partial charge on any atom is -0.452 e. The lowest BCUT2D eigenvalue weighted by atomic mass is 10.0. The molecule has 0 aliphatic carbocycles. The van der Waals surface area contributed by atoms with Crippen LogP contribution in [-0.2, 0) is 0 Å². The van der Waals surface area contributed by atoms with Gasteiger partial charge in [0.15, 0.2) is 11.4 Å². The second-order valence-electron chi connectivity index (χ2n) is 12.4. The van der Waals surface area contributed by atoms with Crippen molar-refractivity contribution in [1.82, 2.24) is 23.9 Å². The molecule has 0 aliphatic rings. The summed E-state index contributed by atoms with van der Waals surface area (Å²) in [6.45, 7) is 0. The first-order valence-corrected chi connectivity index (χ1v) is 16.5. The van der Waals surface area contributed by atoms with Crippen LogP contribution in [-0.4, -0.2) is 23.9 Å². The second-order valence-corrected chi connectivity index (χ2v) is 12.4. The summed E-state index contributed by atoms with van der Waals surface area (Å²) in [5, 5.41) is 1.34. The SMILES string of the molecule is O=c1c2nc3ccccc3c(=O)n2c2ccccc2n1-c1ccc(-c2ccc3oc4c(-c5ccccc5)nc(-c5ccccc5)nc4c3c2)cc1. The van der Waals surface area contributed by atoms with Crippen molar-refractivity contribution in [2.75, 3.05) is 0 Å². The summed E-state index contributed by atoms with van der Waals surface area (Å²) < 4.78 is 9.47. The van der Waals surface area contributed by atoms with Gasteiger partial charge in [0.25, 0.3) is 11.1 Å². The molecular weight excluding hydrogens is 635 g/mol. The molecule has 240 valence electrons. The number of hydrogen-bond acceptors (Lipinski definition) is 6. The molecule has 8 heteroatoms. The third kappa shape index (κ3) is 4.50. The van der Waals surface area contributed by atoms with Gasteiger partial charge < -0.3 is 4.42 Å². The fraction of sp³-hybridized carbons (Fsp3) is 0. The largest absolute Gasteiger partial charge is 0.452 e. The number of nitrogens with zero attached hydrogens (tertiary/aromatic N) is 5. The Morgan fingerprint density at radius 1 is 0.510 bits per heavy atom. The Balaban J connectivity index is 1.13. The molecule has 0 unspecified atom stereocenters. The predicted molar refractivity (Wildman–Crippen MR) is 201 cm³/mol. The highest BCUT2D eigenvalue weighted by atomic mass is 16.3. The van der Waals surface area contributed by atoms with E-state index in [1.807, 2.05) is 127 Å². The first-order chi connectivity index (χ1) is 25.1. The van der Waals surface area contributed by atoms with Gasteiger partial charge in [-0.15, -0.1) is 0 Å². The molecule has 0 aliphatic heterocycles. The maximum atomic E-state index is 14.1. The Bertz CT molecular complexity index is 3110. The van der Waals surface area contributed by atoms with Crippen molar-refractivity contribution in [3.8, 4) is 39.5 Å². The summed E-state index contributed by atoms with van der Waals surface area (Å²) in [7, 11) is 0. The van der Waals surface area contributed by atoms with E-state index in [1.54, 1.807) is 22.8 Å². The van der Waals surface area contributed by atoms with E-state index in [-0.39, 0.29) is 16.8 Å². The molecule has 4 aromatic heterocycles.